The lowest BCUT2D eigenvalue weighted by molar-refractivity contribution is -0.232. The zero-order valence-corrected chi connectivity index (χ0v) is 17.6. The SMILES string of the molecule is C/C=C/CO[C@@H]1CO[C@@H](c2ccc(C34CCC(CCC)(CC3)CC4)cc2)CO1. The van der Waals surface area contributed by atoms with Crippen molar-refractivity contribution in [3.8, 4) is 0 Å². The first-order chi connectivity index (χ1) is 13.7. The van der Waals surface area contributed by atoms with Gasteiger partial charge in [0.1, 0.15) is 6.10 Å². The molecule has 154 valence electrons. The second kappa shape index (κ2) is 8.69. The summed E-state index contributed by atoms with van der Waals surface area (Å²) in [6.07, 6.45) is 14.9. The van der Waals surface area contributed by atoms with Gasteiger partial charge in [-0.2, -0.15) is 0 Å². The first-order valence-electron chi connectivity index (χ1n) is 11.3. The number of rotatable bonds is 7. The lowest BCUT2D eigenvalue weighted by atomic mass is 9.51. The van der Waals surface area contributed by atoms with Gasteiger partial charge >= 0.3 is 0 Å². The zero-order valence-electron chi connectivity index (χ0n) is 17.6. The molecule has 1 heterocycles. The Kier molecular flexibility index (Phi) is 6.24. The third kappa shape index (κ3) is 4.08. The smallest absolute Gasteiger partial charge is 0.181 e. The molecule has 1 aliphatic heterocycles. The van der Waals surface area contributed by atoms with Crippen molar-refractivity contribution in [2.75, 3.05) is 19.8 Å². The molecule has 1 aromatic carbocycles. The second-order valence-corrected chi connectivity index (χ2v) is 9.14. The summed E-state index contributed by atoms with van der Waals surface area (Å²) in [6.45, 7) is 5.96. The van der Waals surface area contributed by atoms with Gasteiger partial charge in [0.25, 0.3) is 0 Å². The minimum atomic E-state index is -0.251. The molecule has 0 amide bonds. The summed E-state index contributed by atoms with van der Waals surface area (Å²) in [5.41, 5.74) is 3.88. The fraction of sp³-hybridized carbons (Fsp3) is 0.680. The lowest BCUT2D eigenvalue weighted by Crippen LogP contribution is -2.44. The molecule has 3 saturated carbocycles. The van der Waals surface area contributed by atoms with Gasteiger partial charge in [-0.3, -0.25) is 0 Å². The van der Waals surface area contributed by atoms with Gasteiger partial charge in [-0.1, -0.05) is 49.8 Å². The van der Waals surface area contributed by atoms with Crippen molar-refractivity contribution in [1.29, 1.82) is 0 Å². The van der Waals surface area contributed by atoms with Crippen LogP contribution in [0.25, 0.3) is 0 Å². The Balaban J connectivity index is 1.34. The van der Waals surface area contributed by atoms with Crippen molar-refractivity contribution in [3.63, 3.8) is 0 Å². The third-order valence-electron chi connectivity index (χ3n) is 7.56. The molecule has 3 nitrogen and oxygen atoms in total. The Bertz CT molecular complexity index is 630. The van der Waals surface area contributed by atoms with Crippen LogP contribution in [0.4, 0.5) is 0 Å². The average molecular weight is 385 g/mol. The fourth-order valence-electron chi connectivity index (χ4n) is 5.69. The first-order valence-corrected chi connectivity index (χ1v) is 11.3. The van der Waals surface area contributed by atoms with Crippen LogP contribution in [0, 0.1) is 5.41 Å². The maximum Gasteiger partial charge on any atom is 0.181 e. The Morgan fingerprint density at radius 1 is 1.00 bits per heavy atom. The second-order valence-electron chi connectivity index (χ2n) is 9.14. The van der Waals surface area contributed by atoms with Crippen molar-refractivity contribution in [2.45, 2.75) is 83.0 Å². The molecule has 4 fully saturated rings. The van der Waals surface area contributed by atoms with Crippen LogP contribution in [0.1, 0.15) is 82.4 Å². The maximum atomic E-state index is 6.02. The molecule has 0 N–H and O–H groups in total. The van der Waals surface area contributed by atoms with Crippen LogP contribution in [-0.4, -0.2) is 26.1 Å². The molecular formula is C25H36O3. The van der Waals surface area contributed by atoms with E-state index >= 15 is 0 Å². The molecule has 4 aliphatic rings. The Hall–Kier alpha value is -1.16. The van der Waals surface area contributed by atoms with E-state index in [1.165, 1.54) is 56.9 Å². The van der Waals surface area contributed by atoms with E-state index in [4.69, 9.17) is 14.2 Å². The van der Waals surface area contributed by atoms with Gasteiger partial charge in [0.2, 0.25) is 0 Å². The van der Waals surface area contributed by atoms with Crippen LogP contribution in [0.15, 0.2) is 36.4 Å². The highest BCUT2D eigenvalue weighted by Gasteiger charge is 2.48. The number of hydrogen-bond donors (Lipinski definition) is 0. The topological polar surface area (TPSA) is 27.7 Å². The maximum absolute atomic E-state index is 6.02. The normalized spacial score (nSPS) is 35.5. The molecule has 5 rings (SSSR count). The van der Waals surface area contributed by atoms with E-state index in [0.717, 1.165) is 0 Å². The number of allylic oxidation sites excluding steroid dienone is 1. The van der Waals surface area contributed by atoms with E-state index in [1.54, 1.807) is 5.56 Å². The Labute approximate surface area is 170 Å². The highest BCUT2D eigenvalue weighted by atomic mass is 16.7. The van der Waals surface area contributed by atoms with Crippen LogP contribution in [-0.2, 0) is 19.6 Å². The highest BCUT2D eigenvalue weighted by molar-refractivity contribution is 5.32. The van der Waals surface area contributed by atoms with Gasteiger partial charge in [-0.05, 0) is 73.8 Å². The number of benzene rings is 1. The van der Waals surface area contributed by atoms with Gasteiger partial charge < -0.3 is 14.2 Å². The number of hydrogen-bond acceptors (Lipinski definition) is 3. The quantitative estimate of drug-likeness (QED) is 0.533. The predicted molar refractivity (Wildman–Crippen MR) is 112 cm³/mol. The Morgan fingerprint density at radius 2 is 1.71 bits per heavy atom. The summed E-state index contributed by atoms with van der Waals surface area (Å²) in [5, 5.41) is 0. The molecule has 1 saturated heterocycles. The lowest BCUT2D eigenvalue weighted by Gasteiger charge is -2.54. The summed E-state index contributed by atoms with van der Waals surface area (Å²) in [6, 6.07) is 9.26. The largest absolute Gasteiger partial charge is 0.366 e. The van der Waals surface area contributed by atoms with Crippen molar-refractivity contribution in [3.05, 3.63) is 47.5 Å². The van der Waals surface area contributed by atoms with E-state index in [0.29, 0.717) is 30.7 Å². The molecule has 0 radical (unpaired) electrons. The molecule has 0 unspecified atom stereocenters. The fourth-order valence-corrected chi connectivity index (χ4v) is 5.69. The van der Waals surface area contributed by atoms with Crippen molar-refractivity contribution in [2.24, 2.45) is 5.41 Å². The van der Waals surface area contributed by atoms with Crippen molar-refractivity contribution in [1.82, 2.24) is 0 Å². The molecule has 28 heavy (non-hydrogen) atoms. The van der Waals surface area contributed by atoms with E-state index in [-0.39, 0.29) is 12.4 Å². The van der Waals surface area contributed by atoms with Gasteiger partial charge in [-0.25, -0.2) is 0 Å². The molecule has 0 spiro atoms. The van der Waals surface area contributed by atoms with Gasteiger partial charge in [0.15, 0.2) is 6.29 Å². The van der Waals surface area contributed by atoms with Crippen LogP contribution in [0.5, 0.6) is 0 Å². The summed E-state index contributed by atoms with van der Waals surface area (Å²) in [5.74, 6) is 0. The van der Waals surface area contributed by atoms with Crippen molar-refractivity contribution < 1.29 is 14.2 Å². The highest BCUT2D eigenvalue weighted by Crippen LogP contribution is 2.59. The molecule has 3 aliphatic carbocycles. The molecule has 0 aromatic heterocycles. The zero-order chi connectivity index (χ0) is 19.5. The predicted octanol–water partition coefficient (Wildman–Crippen LogP) is 6.09. The van der Waals surface area contributed by atoms with E-state index in [2.05, 4.69) is 31.2 Å². The first kappa shape index (κ1) is 20.1. The standard InChI is InChI=1S/C25H36O3/c1-3-5-17-26-23-19-27-22(18-28-23)20-6-8-21(9-7-20)25-14-11-24(10-4-2,12-15-25)13-16-25/h3,5-9,22-23H,4,10-19H2,1-2H3/b5-3+/t22-,23+,24?,25?/m1/s1. The van der Waals surface area contributed by atoms with Crippen LogP contribution >= 0.6 is 0 Å². The molecule has 3 heteroatoms. The van der Waals surface area contributed by atoms with E-state index in [1.807, 2.05) is 19.1 Å². The molecular weight excluding hydrogens is 348 g/mol. The number of fused-ring (bicyclic) bond motifs is 3. The molecule has 2 bridgehead atoms. The minimum absolute atomic E-state index is 0.0167. The summed E-state index contributed by atoms with van der Waals surface area (Å²) >= 11 is 0. The van der Waals surface area contributed by atoms with Gasteiger partial charge in [0, 0.05) is 0 Å². The van der Waals surface area contributed by atoms with E-state index in [9.17, 15) is 0 Å². The minimum Gasteiger partial charge on any atom is -0.366 e. The average Bonchev–Trinajstić information content (AvgIpc) is 2.76. The van der Waals surface area contributed by atoms with Crippen LogP contribution in [0.2, 0.25) is 0 Å². The third-order valence-corrected chi connectivity index (χ3v) is 7.56. The van der Waals surface area contributed by atoms with Crippen LogP contribution in [0.3, 0.4) is 0 Å². The van der Waals surface area contributed by atoms with E-state index < -0.39 is 0 Å². The monoisotopic (exact) mass is 384 g/mol. The van der Waals surface area contributed by atoms with Gasteiger partial charge in [0.05, 0.1) is 19.8 Å². The van der Waals surface area contributed by atoms with Gasteiger partial charge in [-0.15, -0.1) is 0 Å². The van der Waals surface area contributed by atoms with Crippen molar-refractivity contribution >= 4 is 0 Å². The summed E-state index contributed by atoms with van der Waals surface area (Å²) in [7, 11) is 0. The Morgan fingerprint density at radius 3 is 2.29 bits per heavy atom. The molecule has 1 aromatic rings. The summed E-state index contributed by atoms with van der Waals surface area (Å²) in [4.78, 5) is 0. The number of ether oxygens (including phenoxy) is 3. The molecule has 2 atom stereocenters. The van der Waals surface area contributed by atoms with Crippen LogP contribution < -0.4 is 0 Å². The summed E-state index contributed by atoms with van der Waals surface area (Å²) < 4.78 is 17.5.